The summed E-state index contributed by atoms with van der Waals surface area (Å²) in [7, 11) is -1.83. The van der Waals surface area contributed by atoms with Crippen molar-refractivity contribution in [3.05, 3.63) is 18.5 Å². The summed E-state index contributed by atoms with van der Waals surface area (Å²) in [5.41, 5.74) is 0.565. The van der Waals surface area contributed by atoms with E-state index in [2.05, 4.69) is 26.8 Å². The zero-order valence-electron chi connectivity index (χ0n) is 12.0. The Kier molecular flexibility index (Phi) is 4.95. The molecule has 0 radical (unpaired) electrons. The second kappa shape index (κ2) is 6.51. The first-order chi connectivity index (χ1) is 9.56. The summed E-state index contributed by atoms with van der Waals surface area (Å²) < 4.78 is 27.7. The quantitative estimate of drug-likeness (QED) is 0.844. The highest BCUT2D eigenvalue weighted by Gasteiger charge is 2.26. The van der Waals surface area contributed by atoms with Crippen molar-refractivity contribution in [3.8, 4) is 0 Å². The zero-order valence-corrected chi connectivity index (χ0v) is 12.8. The predicted octanol–water partition coefficient (Wildman–Crippen LogP) is 0.886. The average Bonchev–Trinajstić information content (AvgIpc) is 2.47. The largest absolute Gasteiger partial charge is 0.387 e. The standard InChI is InChI=1S/C13H22N4O2S/c1-3-17-8-4-5-11(10-17)16-20(18,19)13-9-15-7-6-12(13)14-2/h6-7,9,11,16H,3-5,8,10H2,1-2H3,(H,14,15). The second-order valence-electron chi connectivity index (χ2n) is 4.98. The lowest BCUT2D eigenvalue weighted by Gasteiger charge is -2.32. The van der Waals surface area contributed by atoms with Gasteiger partial charge in [-0.15, -0.1) is 0 Å². The number of nitrogens with zero attached hydrogens (tertiary/aromatic N) is 2. The van der Waals surface area contributed by atoms with Crippen LogP contribution in [0.5, 0.6) is 0 Å². The fourth-order valence-corrected chi connectivity index (χ4v) is 3.94. The lowest BCUT2D eigenvalue weighted by molar-refractivity contribution is 0.211. The Balaban J connectivity index is 2.14. The topological polar surface area (TPSA) is 74.3 Å². The van der Waals surface area contributed by atoms with Gasteiger partial charge in [0, 0.05) is 32.0 Å². The fourth-order valence-electron chi connectivity index (χ4n) is 2.52. The molecule has 7 heteroatoms. The van der Waals surface area contributed by atoms with E-state index >= 15 is 0 Å². The highest BCUT2D eigenvalue weighted by Crippen LogP contribution is 2.20. The molecule has 1 atom stereocenters. The Morgan fingerprint density at radius 3 is 3.00 bits per heavy atom. The van der Waals surface area contributed by atoms with Crippen molar-refractivity contribution in [1.82, 2.24) is 14.6 Å². The van der Waals surface area contributed by atoms with Crippen LogP contribution in [0.2, 0.25) is 0 Å². The van der Waals surface area contributed by atoms with Gasteiger partial charge in [0.2, 0.25) is 10.0 Å². The van der Waals surface area contributed by atoms with Gasteiger partial charge in [-0.05, 0) is 32.0 Å². The number of nitrogens with one attached hydrogen (secondary N) is 2. The zero-order chi connectivity index (χ0) is 14.6. The number of hydrogen-bond acceptors (Lipinski definition) is 5. The first-order valence-electron chi connectivity index (χ1n) is 6.93. The maximum atomic E-state index is 12.5. The van der Waals surface area contributed by atoms with Gasteiger partial charge in [-0.3, -0.25) is 4.98 Å². The van der Waals surface area contributed by atoms with Crippen molar-refractivity contribution in [2.24, 2.45) is 0 Å². The smallest absolute Gasteiger partial charge is 0.244 e. The molecule has 2 heterocycles. The van der Waals surface area contributed by atoms with Crippen LogP contribution < -0.4 is 10.0 Å². The number of likely N-dealkylation sites (N-methyl/N-ethyl adjacent to an activating group) is 1. The van der Waals surface area contributed by atoms with E-state index in [0.717, 1.165) is 32.5 Å². The second-order valence-corrected chi connectivity index (χ2v) is 6.66. The van der Waals surface area contributed by atoms with Gasteiger partial charge in [0.15, 0.2) is 0 Å². The maximum Gasteiger partial charge on any atom is 0.244 e. The van der Waals surface area contributed by atoms with Crippen LogP contribution in [-0.2, 0) is 10.0 Å². The molecular weight excluding hydrogens is 276 g/mol. The van der Waals surface area contributed by atoms with Gasteiger partial charge >= 0.3 is 0 Å². The molecule has 1 saturated heterocycles. The summed E-state index contributed by atoms with van der Waals surface area (Å²) in [6, 6.07) is 1.63. The Labute approximate surface area is 120 Å². The van der Waals surface area contributed by atoms with Crippen molar-refractivity contribution >= 4 is 15.7 Å². The van der Waals surface area contributed by atoms with E-state index in [-0.39, 0.29) is 10.9 Å². The highest BCUT2D eigenvalue weighted by atomic mass is 32.2. The van der Waals surface area contributed by atoms with Crippen molar-refractivity contribution < 1.29 is 8.42 Å². The molecule has 0 aliphatic carbocycles. The van der Waals surface area contributed by atoms with Crippen molar-refractivity contribution in [2.75, 3.05) is 32.0 Å². The van der Waals surface area contributed by atoms with Crippen LogP contribution in [0.25, 0.3) is 0 Å². The van der Waals surface area contributed by atoms with Crippen LogP contribution in [0.1, 0.15) is 19.8 Å². The van der Waals surface area contributed by atoms with Gasteiger partial charge in [-0.2, -0.15) is 0 Å². The summed E-state index contributed by atoms with van der Waals surface area (Å²) in [6.45, 7) is 4.86. The van der Waals surface area contributed by atoms with E-state index in [1.165, 1.54) is 6.20 Å². The number of aromatic nitrogens is 1. The first kappa shape index (κ1) is 15.2. The van der Waals surface area contributed by atoms with Crippen molar-refractivity contribution in [1.29, 1.82) is 0 Å². The molecule has 1 unspecified atom stereocenters. The van der Waals surface area contributed by atoms with Gasteiger partial charge in [0.05, 0.1) is 5.69 Å². The number of rotatable bonds is 5. The minimum absolute atomic E-state index is 0.0291. The Bertz CT molecular complexity index is 547. The first-order valence-corrected chi connectivity index (χ1v) is 8.41. The molecule has 0 saturated carbocycles. The van der Waals surface area contributed by atoms with Gasteiger partial charge in [0.1, 0.15) is 4.90 Å². The summed E-state index contributed by atoms with van der Waals surface area (Å²) in [5.74, 6) is 0. The third-order valence-corrected chi connectivity index (χ3v) is 5.17. The molecule has 0 bridgehead atoms. The number of hydrogen-bond donors (Lipinski definition) is 2. The van der Waals surface area contributed by atoms with Crippen LogP contribution >= 0.6 is 0 Å². The van der Waals surface area contributed by atoms with Crippen molar-refractivity contribution in [2.45, 2.75) is 30.7 Å². The molecule has 1 aromatic heterocycles. The monoisotopic (exact) mass is 298 g/mol. The molecule has 6 nitrogen and oxygen atoms in total. The SMILES string of the molecule is CCN1CCCC(NS(=O)(=O)c2cnccc2NC)C1. The van der Waals surface area contributed by atoms with Crippen LogP contribution in [0.3, 0.4) is 0 Å². The van der Waals surface area contributed by atoms with Gasteiger partial charge < -0.3 is 10.2 Å². The molecular formula is C13H22N4O2S. The minimum atomic E-state index is -3.54. The molecule has 0 amide bonds. The number of likely N-dealkylation sites (tertiary alicyclic amines) is 1. The predicted molar refractivity (Wildman–Crippen MR) is 79.2 cm³/mol. The van der Waals surface area contributed by atoms with E-state index in [9.17, 15) is 8.42 Å². The number of piperidine rings is 1. The third-order valence-electron chi connectivity index (χ3n) is 3.62. The summed E-state index contributed by atoms with van der Waals surface area (Å²) in [5, 5.41) is 2.89. The Morgan fingerprint density at radius 1 is 1.50 bits per heavy atom. The van der Waals surface area contributed by atoms with E-state index in [0.29, 0.717) is 5.69 Å². The maximum absolute atomic E-state index is 12.5. The van der Waals surface area contributed by atoms with E-state index in [4.69, 9.17) is 0 Å². The normalized spacial score (nSPS) is 20.8. The molecule has 2 rings (SSSR count). The Hall–Kier alpha value is -1.18. The molecule has 1 aliphatic heterocycles. The molecule has 112 valence electrons. The molecule has 0 spiro atoms. The summed E-state index contributed by atoms with van der Waals surface area (Å²) >= 11 is 0. The van der Waals surface area contributed by atoms with Crippen LogP contribution in [-0.4, -0.2) is 51.0 Å². The average molecular weight is 298 g/mol. The highest BCUT2D eigenvalue weighted by molar-refractivity contribution is 7.89. The Morgan fingerprint density at radius 2 is 2.30 bits per heavy atom. The minimum Gasteiger partial charge on any atom is -0.387 e. The summed E-state index contributed by atoms with van der Waals surface area (Å²) in [4.78, 5) is 6.38. The van der Waals surface area contributed by atoms with Gasteiger partial charge in [0.25, 0.3) is 0 Å². The molecule has 1 aromatic rings. The molecule has 0 aromatic carbocycles. The van der Waals surface area contributed by atoms with Gasteiger partial charge in [-0.1, -0.05) is 6.92 Å². The molecule has 1 fully saturated rings. The number of anilines is 1. The number of pyridine rings is 1. The van der Waals surface area contributed by atoms with Crippen LogP contribution in [0.4, 0.5) is 5.69 Å². The van der Waals surface area contributed by atoms with Gasteiger partial charge in [-0.25, -0.2) is 13.1 Å². The van der Waals surface area contributed by atoms with E-state index in [1.807, 2.05) is 0 Å². The lowest BCUT2D eigenvalue weighted by Crippen LogP contribution is -2.47. The number of sulfonamides is 1. The fraction of sp³-hybridized carbons (Fsp3) is 0.615. The third kappa shape index (κ3) is 3.47. The molecule has 1 aliphatic rings. The lowest BCUT2D eigenvalue weighted by atomic mass is 10.1. The van der Waals surface area contributed by atoms with Crippen LogP contribution in [0, 0.1) is 0 Å². The van der Waals surface area contributed by atoms with E-state index in [1.54, 1.807) is 19.3 Å². The van der Waals surface area contributed by atoms with Crippen molar-refractivity contribution in [3.63, 3.8) is 0 Å². The van der Waals surface area contributed by atoms with Crippen LogP contribution in [0.15, 0.2) is 23.4 Å². The molecule has 20 heavy (non-hydrogen) atoms. The molecule has 2 N–H and O–H groups in total. The van der Waals surface area contributed by atoms with E-state index < -0.39 is 10.0 Å². The summed E-state index contributed by atoms with van der Waals surface area (Å²) in [6.07, 6.45) is 4.86.